The molecule has 0 aromatic heterocycles. The van der Waals surface area contributed by atoms with Crippen LogP contribution in [0.5, 0.6) is 0 Å². The molecular formula is C16H30N2O. The summed E-state index contributed by atoms with van der Waals surface area (Å²) in [6.07, 6.45) is 6.51. The minimum atomic E-state index is 0.120. The summed E-state index contributed by atoms with van der Waals surface area (Å²) in [5.41, 5.74) is 0.383. The average molecular weight is 266 g/mol. The molecule has 2 fully saturated rings. The molecule has 2 aliphatic rings. The number of piperidine rings is 1. The van der Waals surface area contributed by atoms with Crippen LogP contribution in [0.15, 0.2) is 0 Å². The highest BCUT2D eigenvalue weighted by atomic mass is 16.1. The first-order valence-electron chi connectivity index (χ1n) is 7.84. The lowest BCUT2D eigenvalue weighted by atomic mass is 9.78. The van der Waals surface area contributed by atoms with Gasteiger partial charge in [0.25, 0.3) is 0 Å². The molecule has 110 valence electrons. The van der Waals surface area contributed by atoms with Crippen LogP contribution in [0.25, 0.3) is 0 Å². The summed E-state index contributed by atoms with van der Waals surface area (Å²) in [5.74, 6) is 0.848. The van der Waals surface area contributed by atoms with Gasteiger partial charge in [0.15, 0.2) is 0 Å². The molecule has 1 N–H and O–H groups in total. The van der Waals surface area contributed by atoms with Crippen LogP contribution in [-0.2, 0) is 4.79 Å². The summed E-state index contributed by atoms with van der Waals surface area (Å²) in [4.78, 5) is 14.0. The highest BCUT2D eigenvalue weighted by molar-refractivity contribution is 5.73. The molecule has 1 amide bonds. The van der Waals surface area contributed by atoms with E-state index in [1.807, 2.05) is 0 Å². The summed E-state index contributed by atoms with van der Waals surface area (Å²) in [6.45, 7) is 10.9. The van der Waals surface area contributed by atoms with Gasteiger partial charge < -0.3 is 5.32 Å². The van der Waals surface area contributed by atoms with Crippen molar-refractivity contribution in [2.24, 2.45) is 11.3 Å². The second-order valence-corrected chi connectivity index (χ2v) is 7.80. The monoisotopic (exact) mass is 266 g/mol. The highest BCUT2D eigenvalue weighted by Crippen LogP contribution is 2.34. The molecule has 0 spiro atoms. The van der Waals surface area contributed by atoms with E-state index in [9.17, 15) is 4.79 Å². The fourth-order valence-electron chi connectivity index (χ4n) is 3.70. The number of nitrogens with one attached hydrogen (secondary N) is 1. The van der Waals surface area contributed by atoms with Crippen LogP contribution >= 0.6 is 0 Å². The lowest BCUT2D eigenvalue weighted by molar-refractivity contribution is -0.120. The van der Waals surface area contributed by atoms with Crippen LogP contribution in [-0.4, -0.2) is 36.0 Å². The van der Waals surface area contributed by atoms with Crippen molar-refractivity contribution >= 4 is 5.91 Å². The maximum atomic E-state index is 11.3. The van der Waals surface area contributed by atoms with Crippen molar-refractivity contribution in [3.63, 3.8) is 0 Å². The summed E-state index contributed by atoms with van der Waals surface area (Å²) < 4.78 is 0. The Hall–Kier alpha value is -0.570. The maximum absolute atomic E-state index is 11.3. The van der Waals surface area contributed by atoms with Gasteiger partial charge in [-0.1, -0.05) is 27.2 Å². The van der Waals surface area contributed by atoms with Gasteiger partial charge in [0.1, 0.15) is 0 Å². The van der Waals surface area contributed by atoms with E-state index in [4.69, 9.17) is 0 Å². The predicted molar refractivity (Wildman–Crippen MR) is 79.0 cm³/mol. The molecule has 2 atom stereocenters. The van der Waals surface area contributed by atoms with Crippen LogP contribution in [0.3, 0.4) is 0 Å². The van der Waals surface area contributed by atoms with Gasteiger partial charge in [0.05, 0.1) is 0 Å². The van der Waals surface area contributed by atoms with E-state index in [1.165, 1.54) is 32.2 Å². The molecule has 2 rings (SSSR count). The van der Waals surface area contributed by atoms with Crippen molar-refractivity contribution in [1.82, 2.24) is 10.2 Å². The van der Waals surface area contributed by atoms with Gasteiger partial charge in [-0.05, 0) is 37.0 Å². The maximum Gasteiger partial charge on any atom is 0.217 e. The third-order valence-corrected chi connectivity index (χ3v) is 4.46. The lowest BCUT2D eigenvalue weighted by Crippen LogP contribution is -2.55. The molecule has 0 radical (unpaired) electrons. The van der Waals surface area contributed by atoms with Crippen molar-refractivity contribution in [2.75, 3.05) is 13.1 Å². The Balaban J connectivity index is 1.96. The number of hydrogen-bond donors (Lipinski definition) is 1. The number of carbonyl (C=O) groups excluding carboxylic acids is 1. The molecule has 3 nitrogen and oxygen atoms in total. The Kier molecular flexibility index (Phi) is 4.54. The van der Waals surface area contributed by atoms with Gasteiger partial charge in [0.2, 0.25) is 5.91 Å². The molecule has 1 heterocycles. The Morgan fingerprint density at radius 3 is 2.42 bits per heavy atom. The molecule has 1 saturated carbocycles. The number of hydrogen-bond acceptors (Lipinski definition) is 2. The first-order chi connectivity index (χ1) is 8.83. The zero-order valence-corrected chi connectivity index (χ0v) is 13.0. The van der Waals surface area contributed by atoms with Crippen molar-refractivity contribution in [3.8, 4) is 0 Å². The van der Waals surface area contributed by atoms with E-state index in [0.717, 1.165) is 24.9 Å². The number of nitrogens with zero attached hydrogens (tertiary/aromatic N) is 1. The van der Waals surface area contributed by atoms with Crippen LogP contribution in [0, 0.1) is 11.3 Å². The third-order valence-electron chi connectivity index (χ3n) is 4.46. The fourth-order valence-corrected chi connectivity index (χ4v) is 3.70. The Morgan fingerprint density at radius 1 is 1.26 bits per heavy atom. The van der Waals surface area contributed by atoms with Crippen molar-refractivity contribution in [2.45, 2.75) is 71.9 Å². The quantitative estimate of drug-likeness (QED) is 0.852. The van der Waals surface area contributed by atoms with Crippen LogP contribution in [0.4, 0.5) is 0 Å². The van der Waals surface area contributed by atoms with Gasteiger partial charge in [0, 0.05) is 32.1 Å². The van der Waals surface area contributed by atoms with Crippen LogP contribution in [0.1, 0.15) is 59.8 Å². The summed E-state index contributed by atoms with van der Waals surface area (Å²) in [5, 5.41) is 3.15. The van der Waals surface area contributed by atoms with Crippen LogP contribution in [0.2, 0.25) is 0 Å². The lowest BCUT2D eigenvalue weighted by Gasteiger charge is -2.46. The van der Waals surface area contributed by atoms with Crippen molar-refractivity contribution in [3.05, 3.63) is 0 Å². The normalized spacial score (nSPS) is 29.9. The number of carbonyl (C=O) groups is 1. The van der Waals surface area contributed by atoms with Gasteiger partial charge in [-0.2, -0.15) is 0 Å². The molecule has 1 saturated heterocycles. The van der Waals surface area contributed by atoms with E-state index in [1.54, 1.807) is 6.92 Å². The molecule has 1 aliphatic heterocycles. The van der Waals surface area contributed by atoms with Crippen molar-refractivity contribution < 1.29 is 4.79 Å². The average Bonchev–Trinajstić information content (AvgIpc) is 2.09. The zero-order chi connectivity index (χ0) is 14.0. The molecular weight excluding hydrogens is 236 g/mol. The Labute approximate surface area is 118 Å². The second-order valence-electron chi connectivity index (χ2n) is 7.80. The minimum Gasteiger partial charge on any atom is -0.352 e. The Bertz CT molecular complexity index is 317. The van der Waals surface area contributed by atoms with Gasteiger partial charge in [-0.3, -0.25) is 9.69 Å². The summed E-state index contributed by atoms with van der Waals surface area (Å²) in [6, 6.07) is 1.15. The minimum absolute atomic E-state index is 0.120. The van der Waals surface area contributed by atoms with Gasteiger partial charge in [-0.15, -0.1) is 0 Å². The number of amides is 1. The molecule has 1 aliphatic carbocycles. The largest absolute Gasteiger partial charge is 0.352 e. The van der Waals surface area contributed by atoms with E-state index in [-0.39, 0.29) is 5.91 Å². The van der Waals surface area contributed by atoms with Gasteiger partial charge >= 0.3 is 0 Å². The summed E-state index contributed by atoms with van der Waals surface area (Å²) in [7, 11) is 0. The smallest absolute Gasteiger partial charge is 0.217 e. The van der Waals surface area contributed by atoms with Crippen molar-refractivity contribution in [1.29, 1.82) is 0 Å². The SMILES string of the molecule is CC(=O)NC1CC(CC(C)(C)C)CN(C2CCC2)C1. The van der Waals surface area contributed by atoms with E-state index >= 15 is 0 Å². The standard InChI is InChI=1S/C16H30N2O/c1-12(19)17-14-8-13(9-16(2,3)4)10-18(11-14)15-6-5-7-15/h13-15H,5-11H2,1-4H3,(H,17,19). The molecule has 0 aromatic rings. The van der Waals surface area contributed by atoms with E-state index in [0.29, 0.717) is 11.5 Å². The number of likely N-dealkylation sites (tertiary alicyclic amines) is 1. The zero-order valence-electron chi connectivity index (χ0n) is 13.0. The highest BCUT2D eigenvalue weighted by Gasteiger charge is 2.35. The van der Waals surface area contributed by atoms with E-state index < -0.39 is 0 Å². The van der Waals surface area contributed by atoms with Gasteiger partial charge in [-0.25, -0.2) is 0 Å². The molecule has 0 bridgehead atoms. The fraction of sp³-hybridized carbons (Fsp3) is 0.938. The van der Waals surface area contributed by atoms with E-state index in [2.05, 4.69) is 31.0 Å². The first kappa shape index (κ1) is 14.8. The second kappa shape index (κ2) is 5.82. The topological polar surface area (TPSA) is 32.3 Å². The molecule has 2 unspecified atom stereocenters. The Morgan fingerprint density at radius 2 is 1.95 bits per heavy atom. The molecule has 0 aromatic carbocycles. The molecule has 19 heavy (non-hydrogen) atoms. The summed E-state index contributed by atoms with van der Waals surface area (Å²) >= 11 is 0. The number of rotatable bonds is 3. The first-order valence-corrected chi connectivity index (χ1v) is 7.84. The third kappa shape index (κ3) is 4.48. The van der Waals surface area contributed by atoms with Crippen LogP contribution < -0.4 is 5.32 Å². The predicted octanol–water partition coefficient (Wildman–Crippen LogP) is 2.80. The molecule has 3 heteroatoms.